The Morgan fingerprint density at radius 1 is 1.25 bits per heavy atom. The van der Waals surface area contributed by atoms with E-state index in [1.807, 2.05) is 6.07 Å². The smallest absolute Gasteiger partial charge is 0.310 e. The summed E-state index contributed by atoms with van der Waals surface area (Å²) in [7, 11) is 0. The zero-order chi connectivity index (χ0) is 16.8. The first-order valence-electron chi connectivity index (χ1n) is 7.92. The van der Waals surface area contributed by atoms with Crippen molar-refractivity contribution in [3.8, 4) is 0 Å². The summed E-state index contributed by atoms with van der Waals surface area (Å²) < 4.78 is 10.5. The summed E-state index contributed by atoms with van der Waals surface area (Å²) >= 11 is 3.54. The van der Waals surface area contributed by atoms with Gasteiger partial charge in [0.15, 0.2) is 6.61 Å². The highest BCUT2D eigenvalue weighted by molar-refractivity contribution is 9.09. The lowest BCUT2D eigenvalue weighted by Crippen LogP contribution is -2.39. The molecular weight excluding hydrogens is 378 g/mol. The number of benzene rings is 1. The molecule has 1 amide bonds. The molecule has 1 N–H and O–H groups in total. The quantitative estimate of drug-likeness (QED) is 0.622. The van der Waals surface area contributed by atoms with Crippen LogP contribution in [0.5, 0.6) is 0 Å². The van der Waals surface area contributed by atoms with Crippen molar-refractivity contribution in [1.29, 1.82) is 0 Å². The second kappa shape index (κ2) is 5.88. The number of carbonyl (C=O) groups is 3. The summed E-state index contributed by atoms with van der Waals surface area (Å²) in [6.45, 7) is -0.361. The van der Waals surface area contributed by atoms with Gasteiger partial charge in [0.05, 0.1) is 16.7 Å². The molecule has 0 aromatic heterocycles. The standard InChI is InChI=1S/C17H16BrNO5/c18-14-9-6-10-13(17(22)24-15(10)14)12(9)16(21)23-7-11(20)19-8-4-2-1-3-5-8/h1-5,9-10,12-15H,6-7H2,(H,19,20)/t9-,10-,12-,13+,14+,15+/m1/s1. The van der Waals surface area contributed by atoms with Gasteiger partial charge in [-0.3, -0.25) is 14.4 Å². The fraction of sp³-hybridized carbons (Fsp3) is 0.471. The fourth-order valence-corrected chi connectivity index (χ4v) is 5.29. The number of carbonyl (C=O) groups excluding carboxylic acids is 3. The molecular formula is C17H16BrNO5. The topological polar surface area (TPSA) is 81.7 Å². The number of para-hydroxylation sites is 1. The van der Waals surface area contributed by atoms with E-state index in [-0.39, 0.29) is 35.3 Å². The first-order chi connectivity index (χ1) is 11.6. The molecule has 3 aliphatic rings. The first kappa shape index (κ1) is 15.6. The average Bonchev–Trinajstić information content (AvgIpc) is 3.18. The molecule has 2 saturated carbocycles. The maximum atomic E-state index is 12.4. The second-order valence-corrected chi connectivity index (χ2v) is 7.54. The van der Waals surface area contributed by atoms with Gasteiger partial charge in [-0.15, -0.1) is 0 Å². The van der Waals surface area contributed by atoms with Crippen molar-refractivity contribution in [2.24, 2.45) is 23.7 Å². The highest BCUT2D eigenvalue weighted by Gasteiger charge is 2.68. The molecule has 7 heteroatoms. The lowest BCUT2D eigenvalue weighted by atomic mass is 9.80. The van der Waals surface area contributed by atoms with Gasteiger partial charge in [-0.2, -0.15) is 0 Å². The number of esters is 2. The van der Waals surface area contributed by atoms with Crippen molar-refractivity contribution in [1.82, 2.24) is 0 Å². The lowest BCUT2D eigenvalue weighted by Gasteiger charge is -2.26. The number of hydrogen-bond acceptors (Lipinski definition) is 5. The molecule has 1 saturated heterocycles. The molecule has 1 aromatic carbocycles. The number of amides is 1. The Morgan fingerprint density at radius 2 is 2.00 bits per heavy atom. The van der Waals surface area contributed by atoms with E-state index in [2.05, 4.69) is 21.2 Å². The molecule has 1 aromatic rings. The molecule has 0 unspecified atom stereocenters. The van der Waals surface area contributed by atoms with E-state index in [0.29, 0.717) is 5.69 Å². The summed E-state index contributed by atoms with van der Waals surface area (Å²) in [4.78, 5) is 36.3. The van der Waals surface area contributed by atoms with Gasteiger partial charge in [-0.1, -0.05) is 34.1 Å². The largest absolute Gasteiger partial charge is 0.461 e. The van der Waals surface area contributed by atoms with Gasteiger partial charge >= 0.3 is 11.9 Å². The van der Waals surface area contributed by atoms with Crippen molar-refractivity contribution < 1.29 is 23.9 Å². The van der Waals surface area contributed by atoms with Crippen LogP contribution in [0.25, 0.3) is 0 Å². The summed E-state index contributed by atoms with van der Waals surface area (Å²) in [5, 5.41) is 2.66. The van der Waals surface area contributed by atoms with E-state index in [9.17, 15) is 14.4 Å². The van der Waals surface area contributed by atoms with Crippen LogP contribution < -0.4 is 5.32 Å². The molecule has 4 rings (SSSR count). The van der Waals surface area contributed by atoms with E-state index in [1.165, 1.54) is 0 Å². The van der Waals surface area contributed by atoms with E-state index in [4.69, 9.17) is 9.47 Å². The molecule has 6 nitrogen and oxygen atoms in total. The normalized spacial score (nSPS) is 35.6. The SMILES string of the molecule is O=C(COC(=O)[C@@H]1[C@H]2C[C@H]3[C@H](OC(=O)[C@@H]31)[C@H]2Br)Nc1ccccc1. The van der Waals surface area contributed by atoms with E-state index >= 15 is 0 Å². The lowest BCUT2D eigenvalue weighted by molar-refractivity contribution is -0.157. The van der Waals surface area contributed by atoms with Gasteiger partial charge in [0.2, 0.25) is 0 Å². The van der Waals surface area contributed by atoms with Gasteiger partial charge in [0, 0.05) is 11.6 Å². The van der Waals surface area contributed by atoms with Gasteiger partial charge in [-0.05, 0) is 24.5 Å². The highest BCUT2D eigenvalue weighted by Crippen LogP contribution is 2.60. The molecule has 0 radical (unpaired) electrons. The van der Waals surface area contributed by atoms with Crippen LogP contribution >= 0.6 is 15.9 Å². The first-order valence-corrected chi connectivity index (χ1v) is 8.84. The molecule has 2 bridgehead atoms. The van der Waals surface area contributed by atoms with E-state index in [0.717, 1.165) is 6.42 Å². The fourth-order valence-electron chi connectivity index (χ4n) is 4.25. The van der Waals surface area contributed by atoms with Crippen LogP contribution in [-0.4, -0.2) is 35.4 Å². The van der Waals surface area contributed by atoms with Crippen LogP contribution in [0.1, 0.15) is 6.42 Å². The maximum Gasteiger partial charge on any atom is 0.310 e. The molecule has 1 aliphatic heterocycles. The number of anilines is 1. The van der Waals surface area contributed by atoms with Gasteiger partial charge in [0.1, 0.15) is 6.10 Å². The minimum atomic E-state index is -0.518. The number of alkyl halides is 1. The van der Waals surface area contributed by atoms with Crippen molar-refractivity contribution in [2.45, 2.75) is 17.4 Å². The monoisotopic (exact) mass is 393 g/mol. The Bertz CT molecular complexity index is 693. The minimum Gasteiger partial charge on any atom is -0.461 e. The van der Waals surface area contributed by atoms with Gasteiger partial charge in [0.25, 0.3) is 5.91 Å². The summed E-state index contributed by atoms with van der Waals surface area (Å²) in [6, 6.07) is 8.94. The zero-order valence-corrected chi connectivity index (χ0v) is 14.3. The molecule has 2 aliphatic carbocycles. The van der Waals surface area contributed by atoms with Crippen LogP contribution in [0.3, 0.4) is 0 Å². The third-order valence-corrected chi connectivity index (χ3v) is 6.40. The van der Waals surface area contributed by atoms with Crippen molar-refractivity contribution >= 4 is 39.5 Å². The van der Waals surface area contributed by atoms with Crippen LogP contribution in [0, 0.1) is 23.7 Å². The summed E-state index contributed by atoms with van der Waals surface area (Å²) in [5.41, 5.74) is 0.640. The van der Waals surface area contributed by atoms with Crippen LogP contribution in [-0.2, 0) is 23.9 Å². The van der Waals surface area contributed by atoms with Crippen molar-refractivity contribution in [2.75, 3.05) is 11.9 Å². The average molecular weight is 394 g/mol. The minimum absolute atomic E-state index is 0.0131. The summed E-state index contributed by atoms with van der Waals surface area (Å²) in [5.74, 6) is -2.03. The predicted molar refractivity (Wildman–Crippen MR) is 87.2 cm³/mol. The number of rotatable bonds is 4. The van der Waals surface area contributed by atoms with Crippen molar-refractivity contribution in [3.05, 3.63) is 30.3 Å². The molecule has 24 heavy (non-hydrogen) atoms. The predicted octanol–water partition coefficient (Wildman–Crippen LogP) is 1.74. The van der Waals surface area contributed by atoms with Crippen molar-refractivity contribution in [3.63, 3.8) is 0 Å². The third kappa shape index (κ3) is 2.42. The Balaban J connectivity index is 1.37. The number of nitrogens with one attached hydrogen (secondary N) is 1. The van der Waals surface area contributed by atoms with Gasteiger partial charge in [-0.25, -0.2) is 0 Å². The van der Waals surface area contributed by atoms with E-state index in [1.54, 1.807) is 24.3 Å². The maximum absolute atomic E-state index is 12.4. The third-order valence-electron chi connectivity index (χ3n) is 5.20. The molecule has 3 fully saturated rings. The zero-order valence-electron chi connectivity index (χ0n) is 12.7. The second-order valence-electron chi connectivity index (χ2n) is 6.48. The molecule has 126 valence electrons. The Hall–Kier alpha value is -1.89. The van der Waals surface area contributed by atoms with Gasteiger partial charge < -0.3 is 14.8 Å². The Kier molecular flexibility index (Phi) is 3.83. The Labute approximate surface area is 147 Å². The number of hydrogen-bond donors (Lipinski definition) is 1. The number of ether oxygens (including phenoxy) is 2. The Morgan fingerprint density at radius 3 is 2.75 bits per heavy atom. The summed E-state index contributed by atoms with van der Waals surface area (Å²) in [6.07, 6.45) is 0.658. The van der Waals surface area contributed by atoms with Crippen LogP contribution in [0.2, 0.25) is 0 Å². The molecule has 0 spiro atoms. The van der Waals surface area contributed by atoms with E-state index < -0.39 is 23.7 Å². The van der Waals surface area contributed by atoms with Crippen LogP contribution in [0.4, 0.5) is 5.69 Å². The number of halogens is 1. The highest BCUT2D eigenvalue weighted by atomic mass is 79.9. The molecule has 6 atom stereocenters. The number of fused-ring (bicyclic) bond motifs is 1. The van der Waals surface area contributed by atoms with Crippen LogP contribution in [0.15, 0.2) is 30.3 Å². The molecule has 1 heterocycles.